The highest BCUT2D eigenvalue weighted by atomic mass is 16.3. The Morgan fingerprint density at radius 2 is 2.30 bits per heavy atom. The summed E-state index contributed by atoms with van der Waals surface area (Å²) in [6.45, 7) is 5.65. The molecule has 0 aliphatic heterocycles. The van der Waals surface area contributed by atoms with Crippen molar-refractivity contribution in [3.05, 3.63) is 23.8 Å². The van der Waals surface area contributed by atoms with Gasteiger partial charge < -0.3 is 5.11 Å². The van der Waals surface area contributed by atoms with E-state index in [4.69, 9.17) is 0 Å². The SMILES string of the molecule is C=CC(O)C1=C(C)CCC1. The van der Waals surface area contributed by atoms with Crippen LogP contribution in [-0.2, 0) is 0 Å². The minimum absolute atomic E-state index is 0.387. The Bertz CT molecular complexity index is 168. The summed E-state index contributed by atoms with van der Waals surface area (Å²) in [5.41, 5.74) is 2.54. The number of hydrogen-bond acceptors (Lipinski definition) is 1. The molecule has 0 amide bonds. The van der Waals surface area contributed by atoms with Crippen LogP contribution in [0.2, 0.25) is 0 Å². The zero-order valence-electron chi connectivity index (χ0n) is 6.43. The molecule has 1 aliphatic carbocycles. The highest BCUT2D eigenvalue weighted by molar-refractivity contribution is 5.24. The second kappa shape index (κ2) is 3.02. The number of rotatable bonds is 2. The standard InChI is InChI=1S/C9H14O/c1-3-9(10)8-6-4-5-7(8)2/h3,9-10H,1,4-6H2,2H3. The van der Waals surface area contributed by atoms with Crippen molar-refractivity contribution in [2.24, 2.45) is 0 Å². The monoisotopic (exact) mass is 138 g/mol. The van der Waals surface area contributed by atoms with Gasteiger partial charge in [0.15, 0.2) is 0 Å². The predicted octanol–water partition coefficient (Wildman–Crippen LogP) is 2.03. The van der Waals surface area contributed by atoms with E-state index in [9.17, 15) is 5.11 Å². The van der Waals surface area contributed by atoms with E-state index in [2.05, 4.69) is 13.5 Å². The molecule has 0 aromatic heterocycles. The zero-order chi connectivity index (χ0) is 7.56. The van der Waals surface area contributed by atoms with Gasteiger partial charge in [-0.2, -0.15) is 0 Å². The largest absolute Gasteiger partial charge is 0.385 e. The van der Waals surface area contributed by atoms with Crippen LogP contribution in [0.15, 0.2) is 23.8 Å². The van der Waals surface area contributed by atoms with E-state index in [1.165, 1.54) is 17.6 Å². The molecule has 0 aromatic carbocycles. The Morgan fingerprint density at radius 1 is 1.60 bits per heavy atom. The van der Waals surface area contributed by atoms with Crippen molar-refractivity contribution in [2.75, 3.05) is 0 Å². The van der Waals surface area contributed by atoms with Gasteiger partial charge in [0, 0.05) is 0 Å². The van der Waals surface area contributed by atoms with Crippen LogP contribution in [-0.4, -0.2) is 11.2 Å². The van der Waals surface area contributed by atoms with Gasteiger partial charge in [-0.05, 0) is 31.8 Å². The van der Waals surface area contributed by atoms with Crippen molar-refractivity contribution in [1.29, 1.82) is 0 Å². The average Bonchev–Trinajstić information content (AvgIpc) is 2.34. The third kappa shape index (κ3) is 1.29. The van der Waals surface area contributed by atoms with E-state index in [-0.39, 0.29) is 6.10 Å². The van der Waals surface area contributed by atoms with Crippen molar-refractivity contribution < 1.29 is 5.11 Å². The van der Waals surface area contributed by atoms with Crippen LogP contribution in [0.4, 0.5) is 0 Å². The number of aliphatic hydroxyl groups excluding tert-OH is 1. The molecule has 1 nitrogen and oxygen atoms in total. The van der Waals surface area contributed by atoms with Crippen molar-refractivity contribution in [1.82, 2.24) is 0 Å². The van der Waals surface area contributed by atoms with E-state index >= 15 is 0 Å². The molecule has 0 saturated heterocycles. The summed E-state index contributed by atoms with van der Waals surface area (Å²) >= 11 is 0. The fourth-order valence-electron chi connectivity index (χ4n) is 1.46. The van der Waals surface area contributed by atoms with Gasteiger partial charge in [0.2, 0.25) is 0 Å². The Labute approximate surface area is 62.1 Å². The molecular weight excluding hydrogens is 124 g/mol. The van der Waals surface area contributed by atoms with Gasteiger partial charge in [-0.1, -0.05) is 11.6 Å². The van der Waals surface area contributed by atoms with E-state index in [1.54, 1.807) is 6.08 Å². The van der Waals surface area contributed by atoms with Gasteiger partial charge >= 0.3 is 0 Å². The smallest absolute Gasteiger partial charge is 0.0931 e. The Balaban J connectivity index is 2.70. The molecule has 0 spiro atoms. The van der Waals surface area contributed by atoms with Crippen LogP contribution in [0.25, 0.3) is 0 Å². The first-order chi connectivity index (χ1) is 4.75. The molecule has 10 heavy (non-hydrogen) atoms. The minimum Gasteiger partial charge on any atom is -0.385 e. The molecule has 1 aliphatic rings. The summed E-state index contributed by atoms with van der Waals surface area (Å²) in [5.74, 6) is 0. The van der Waals surface area contributed by atoms with Gasteiger partial charge in [0.05, 0.1) is 6.10 Å². The lowest BCUT2D eigenvalue weighted by Crippen LogP contribution is -2.04. The molecule has 0 fully saturated rings. The van der Waals surface area contributed by atoms with Crippen LogP contribution >= 0.6 is 0 Å². The first-order valence-electron chi connectivity index (χ1n) is 3.75. The summed E-state index contributed by atoms with van der Waals surface area (Å²) in [7, 11) is 0. The third-order valence-electron chi connectivity index (χ3n) is 2.13. The minimum atomic E-state index is -0.387. The highest BCUT2D eigenvalue weighted by Crippen LogP contribution is 2.27. The van der Waals surface area contributed by atoms with Crippen LogP contribution in [0.5, 0.6) is 0 Å². The summed E-state index contributed by atoms with van der Waals surface area (Å²) in [6, 6.07) is 0. The molecule has 0 saturated carbocycles. The van der Waals surface area contributed by atoms with Gasteiger partial charge in [-0.15, -0.1) is 6.58 Å². The van der Waals surface area contributed by atoms with Crippen LogP contribution < -0.4 is 0 Å². The molecule has 0 bridgehead atoms. The van der Waals surface area contributed by atoms with E-state index in [1.807, 2.05) is 0 Å². The molecular formula is C9H14O. The maximum Gasteiger partial charge on any atom is 0.0931 e. The van der Waals surface area contributed by atoms with Gasteiger partial charge in [-0.25, -0.2) is 0 Å². The Kier molecular flexibility index (Phi) is 2.28. The zero-order valence-corrected chi connectivity index (χ0v) is 6.43. The number of hydrogen-bond donors (Lipinski definition) is 1. The number of aliphatic hydroxyl groups is 1. The molecule has 1 rings (SSSR count). The van der Waals surface area contributed by atoms with E-state index in [0.29, 0.717) is 0 Å². The fourth-order valence-corrected chi connectivity index (χ4v) is 1.46. The van der Waals surface area contributed by atoms with Crippen molar-refractivity contribution in [3.63, 3.8) is 0 Å². The van der Waals surface area contributed by atoms with Gasteiger partial charge in [0.25, 0.3) is 0 Å². The maximum absolute atomic E-state index is 9.35. The fraction of sp³-hybridized carbons (Fsp3) is 0.556. The maximum atomic E-state index is 9.35. The molecule has 1 N–H and O–H groups in total. The lowest BCUT2D eigenvalue weighted by Gasteiger charge is -2.06. The predicted molar refractivity (Wildman–Crippen MR) is 42.8 cm³/mol. The molecule has 1 atom stereocenters. The van der Waals surface area contributed by atoms with Crippen LogP contribution in [0.1, 0.15) is 26.2 Å². The van der Waals surface area contributed by atoms with Crippen LogP contribution in [0, 0.1) is 0 Å². The molecule has 0 heterocycles. The second-order valence-electron chi connectivity index (χ2n) is 2.84. The van der Waals surface area contributed by atoms with Gasteiger partial charge in [-0.3, -0.25) is 0 Å². The van der Waals surface area contributed by atoms with Crippen molar-refractivity contribution >= 4 is 0 Å². The second-order valence-corrected chi connectivity index (χ2v) is 2.84. The highest BCUT2D eigenvalue weighted by Gasteiger charge is 2.15. The summed E-state index contributed by atoms with van der Waals surface area (Å²) < 4.78 is 0. The summed E-state index contributed by atoms with van der Waals surface area (Å²) in [6.07, 6.45) is 4.62. The normalized spacial score (nSPS) is 21.4. The first-order valence-corrected chi connectivity index (χ1v) is 3.75. The Hall–Kier alpha value is -0.560. The Morgan fingerprint density at radius 3 is 2.70 bits per heavy atom. The molecule has 0 radical (unpaired) electrons. The van der Waals surface area contributed by atoms with E-state index < -0.39 is 0 Å². The molecule has 1 unspecified atom stereocenters. The molecule has 0 aromatic rings. The third-order valence-corrected chi connectivity index (χ3v) is 2.13. The lowest BCUT2D eigenvalue weighted by molar-refractivity contribution is 0.256. The molecule has 1 heteroatoms. The quantitative estimate of drug-likeness (QED) is 0.579. The van der Waals surface area contributed by atoms with E-state index in [0.717, 1.165) is 12.8 Å². The first kappa shape index (κ1) is 7.55. The van der Waals surface area contributed by atoms with Crippen LogP contribution in [0.3, 0.4) is 0 Å². The van der Waals surface area contributed by atoms with Crippen molar-refractivity contribution in [3.8, 4) is 0 Å². The topological polar surface area (TPSA) is 20.2 Å². The van der Waals surface area contributed by atoms with Gasteiger partial charge in [0.1, 0.15) is 0 Å². The number of allylic oxidation sites excluding steroid dienone is 1. The average molecular weight is 138 g/mol. The van der Waals surface area contributed by atoms with Crippen molar-refractivity contribution in [2.45, 2.75) is 32.3 Å². The summed E-state index contributed by atoms with van der Waals surface area (Å²) in [5, 5.41) is 9.35. The molecule has 56 valence electrons. The summed E-state index contributed by atoms with van der Waals surface area (Å²) in [4.78, 5) is 0. The lowest BCUT2D eigenvalue weighted by atomic mass is 10.1.